The Balaban J connectivity index is 2.06. The molecule has 1 unspecified atom stereocenters. The standard InChI is InChI=1S/C17H18ClFO2/c1-2-10-21-14-8-6-12(7-9-14)16(20)11-13-4-3-5-15(18)17(13)19/h3-9,16,20H,2,10-11H2,1H3. The van der Waals surface area contributed by atoms with Gasteiger partial charge < -0.3 is 9.84 Å². The van der Waals surface area contributed by atoms with E-state index in [4.69, 9.17) is 16.3 Å². The van der Waals surface area contributed by atoms with Crippen LogP contribution in [0.25, 0.3) is 0 Å². The van der Waals surface area contributed by atoms with Crippen LogP contribution in [0.1, 0.15) is 30.6 Å². The van der Waals surface area contributed by atoms with Gasteiger partial charge in [0.15, 0.2) is 0 Å². The summed E-state index contributed by atoms with van der Waals surface area (Å²) in [7, 11) is 0. The summed E-state index contributed by atoms with van der Waals surface area (Å²) >= 11 is 5.74. The maximum absolute atomic E-state index is 13.8. The van der Waals surface area contributed by atoms with E-state index >= 15 is 0 Å². The van der Waals surface area contributed by atoms with E-state index in [1.807, 2.05) is 19.1 Å². The molecule has 2 aromatic carbocycles. The van der Waals surface area contributed by atoms with Gasteiger partial charge in [-0.3, -0.25) is 0 Å². The quantitative estimate of drug-likeness (QED) is 0.848. The largest absolute Gasteiger partial charge is 0.494 e. The third kappa shape index (κ3) is 4.19. The number of rotatable bonds is 6. The number of aliphatic hydroxyl groups excluding tert-OH is 1. The van der Waals surface area contributed by atoms with Crippen LogP contribution in [-0.4, -0.2) is 11.7 Å². The lowest BCUT2D eigenvalue weighted by atomic mass is 10.0. The fourth-order valence-electron chi connectivity index (χ4n) is 2.04. The molecule has 2 aromatic rings. The monoisotopic (exact) mass is 308 g/mol. The van der Waals surface area contributed by atoms with E-state index in [2.05, 4.69) is 0 Å². The molecule has 2 nitrogen and oxygen atoms in total. The molecule has 4 heteroatoms. The normalized spacial score (nSPS) is 12.2. The first-order chi connectivity index (χ1) is 10.1. The van der Waals surface area contributed by atoms with Crippen molar-refractivity contribution in [1.29, 1.82) is 0 Å². The van der Waals surface area contributed by atoms with Crippen molar-refractivity contribution in [2.45, 2.75) is 25.9 Å². The van der Waals surface area contributed by atoms with E-state index in [1.165, 1.54) is 6.07 Å². The predicted molar refractivity (Wildman–Crippen MR) is 82.3 cm³/mol. The van der Waals surface area contributed by atoms with Crippen LogP contribution in [0, 0.1) is 5.82 Å². The number of hydrogen-bond acceptors (Lipinski definition) is 2. The van der Waals surface area contributed by atoms with Crippen molar-refractivity contribution >= 4 is 11.6 Å². The van der Waals surface area contributed by atoms with Gasteiger partial charge in [0.05, 0.1) is 17.7 Å². The average Bonchev–Trinajstić information content (AvgIpc) is 2.50. The van der Waals surface area contributed by atoms with Crippen LogP contribution in [0.4, 0.5) is 4.39 Å². The van der Waals surface area contributed by atoms with Gasteiger partial charge in [0.1, 0.15) is 11.6 Å². The molecule has 1 atom stereocenters. The Morgan fingerprint density at radius 3 is 2.57 bits per heavy atom. The summed E-state index contributed by atoms with van der Waals surface area (Å²) in [5, 5.41) is 10.3. The molecule has 21 heavy (non-hydrogen) atoms. The molecule has 0 aliphatic heterocycles. The lowest BCUT2D eigenvalue weighted by Crippen LogP contribution is -2.04. The average molecular weight is 309 g/mol. The predicted octanol–water partition coefficient (Wildman–Crippen LogP) is 4.54. The van der Waals surface area contributed by atoms with Crippen molar-refractivity contribution in [1.82, 2.24) is 0 Å². The molecular formula is C17H18ClFO2. The zero-order valence-corrected chi connectivity index (χ0v) is 12.6. The minimum Gasteiger partial charge on any atom is -0.494 e. The van der Waals surface area contributed by atoms with Crippen molar-refractivity contribution < 1.29 is 14.2 Å². The van der Waals surface area contributed by atoms with Crippen molar-refractivity contribution in [3.8, 4) is 5.75 Å². The molecule has 0 aliphatic rings. The second-order valence-electron chi connectivity index (χ2n) is 4.85. The molecule has 0 saturated heterocycles. The fourth-order valence-corrected chi connectivity index (χ4v) is 2.23. The Hall–Kier alpha value is -1.58. The highest BCUT2D eigenvalue weighted by Crippen LogP contribution is 2.25. The molecule has 1 N–H and O–H groups in total. The lowest BCUT2D eigenvalue weighted by Gasteiger charge is -2.13. The third-order valence-electron chi connectivity index (χ3n) is 3.18. The summed E-state index contributed by atoms with van der Waals surface area (Å²) in [6.07, 6.45) is 0.346. The van der Waals surface area contributed by atoms with E-state index in [0.29, 0.717) is 12.2 Å². The molecular weight excluding hydrogens is 291 g/mol. The smallest absolute Gasteiger partial charge is 0.145 e. The maximum Gasteiger partial charge on any atom is 0.145 e. The highest BCUT2D eigenvalue weighted by atomic mass is 35.5. The van der Waals surface area contributed by atoms with Gasteiger partial charge in [0, 0.05) is 6.42 Å². The molecule has 0 bridgehead atoms. The summed E-state index contributed by atoms with van der Waals surface area (Å²) in [4.78, 5) is 0. The zero-order chi connectivity index (χ0) is 15.2. The highest BCUT2D eigenvalue weighted by Gasteiger charge is 2.13. The number of aliphatic hydroxyl groups is 1. The van der Waals surface area contributed by atoms with E-state index in [9.17, 15) is 9.50 Å². The first-order valence-corrected chi connectivity index (χ1v) is 7.33. The second kappa shape index (κ2) is 7.43. The third-order valence-corrected chi connectivity index (χ3v) is 3.47. The van der Waals surface area contributed by atoms with Gasteiger partial charge in [-0.25, -0.2) is 4.39 Å². The van der Waals surface area contributed by atoms with Crippen LogP contribution in [0.3, 0.4) is 0 Å². The van der Waals surface area contributed by atoms with Gasteiger partial charge in [0.25, 0.3) is 0 Å². The Kier molecular flexibility index (Phi) is 5.59. The van der Waals surface area contributed by atoms with E-state index in [1.54, 1.807) is 24.3 Å². The van der Waals surface area contributed by atoms with Crippen molar-refractivity contribution in [3.63, 3.8) is 0 Å². The lowest BCUT2D eigenvalue weighted by molar-refractivity contribution is 0.177. The van der Waals surface area contributed by atoms with Crippen LogP contribution in [0.5, 0.6) is 5.75 Å². The second-order valence-corrected chi connectivity index (χ2v) is 5.26. The molecule has 0 amide bonds. The van der Waals surface area contributed by atoms with Crippen molar-refractivity contribution in [3.05, 3.63) is 64.4 Å². The number of hydrogen-bond donors (Lipinski definition) is 1. The molecule has 0 aliphatic carbocycles. The van der Waals surface area contributed by atoms with Gasteiger partial charge in [-0.2, -0.15) is 0 Å². The zero-order valence-electron chi connectivity index (χ0n) is 11.9. The number of benzene rings is 2. The number of ether oxygens (including phenoxy) is 1. The molecule has 112 valence electrons. The minimum atomic E-state index is -0.779. The van der Waals surface area contributed by atoms with E-state index in [0.717, 1.165) is 17.7 Å². The van der Waals surface area contributed by atoms with Crippen LogP contribution in [0.15, 0.2) is 42.5 Å². The molecule has 2 rings (SSSR count). The summed E-state index contributed by atoms with van der Waals surface area (Å²) in [5.41, 5.74) is 1.12. The molecule has 0 fully saturated rings. The minimum absolute atomic E-state index is 0.0722. The molecule has 0 spiro atoms. The Bertz CT molecular complexity index is 584. The van der Waals surface area contributed by atoms with Gasteiger partial charge in [0.2, 0.25) is 0 Å². The molecule has 0 heterocycles. The highest BCUT2D eigenvalue weighted by molar-refractivity contribution is 6.30. The van der Waals surface area contributed by atoms with Gasteiger partial charge in [-0.05, 0) is 35.7 Å². The van der Waals surface area contributed by atoms with Crippen molar-refractivity contribution in [2.24, 2.45) is 0 Å². The van der Waals surface area contributed by atoms with Crippen LogP contribution in [-0.2, 0) is 6.42 Å². The van der Waals surface area contributed by atoms with E-state index < -0.39 is 11.9 Å². The molecule has 0 aromatic heterocycles. The van der Waals surface area contributed by atoms with Crippen LogP contribution >= 0.6 is 11.6 Å². The summed E-state index contributed by atoms with van der Waals surface area (Å²) in [6.45, 7) is 2.70. The van der Waals surface area contributed by atoms with Gasteiger partial charge in [-0.1, -0.05) is 42.8 Å². The van der Waals surface area contributed by atoms with Crippen LogP contribution < -0.4 is 4.74 Å². The summed E-state index contributed by atoms with van der Waals surface area (Å²) in [6, 6.07) is 12.0. The van der Waals surface area contributed by atoms with Crippen molar-refractivity contribution in [2.75, 3.05) is 6.61 Å². The Labute approximate surface area is 129 Å². The Morgan fingerprint density at radius 1 is 1.19 bits per heavy atom. The van der Waals surface area contributed by atoms with Crippen LogP contribution in [0.2, 0.25) is 5.02 Å². The first-order valence-electron chi connectivity index (χ1n) is 6.95. The topological polar surface area (TPSA) is 29.5 Å². The van der Waals surface area contributed by atoms with Gasteiger partial charge in [-0.15, -0.1) is 0 Å². The first kappa shape index (κ1) is 15.8. The fraction of sp³-hybridized carbons (Fsp3) is 0.294. The summed E-state index contributed by atoms with van der Waals surface area (Å²) in [5.74, 6) is 0.294. The maximum atomic E-state index is 13.8. The van der Waals surface area contributed by atoms with E-state index in [-0.39, 0.29) is 11.4 Å². The SMILES string of the molecule is CCCOc1ccc(C(O)Cc2cccc(Cl)c2F)cc1. The molecule has 0 saturated carbocycles. The number of halogens is 2. The Morgan fingerprint density at radius 2 is 1.90 bits per heavy atom. The molecule has 0 radical (unpaired) electrons. The summed E-state index contributed by atoms with van der Waals surface area (Å²) < 4.78 is 19.3. The van der Waals surface area contributed by atoms with Gasteiger partial charge >= 0.3 is 0 Å².